The quantitative estimate of drug-likeness (QED) is 0.435. The molecule has 0 unspecified atom stereocenters. The van der Waals surface area contributed by atoms with Crippen molar-refractivity contribution >= 4 is 5.71 Å². The second kappa shape index (κ2) is 4.98. The van der Waals surface area contributed by atoms with Gasteiger partial charge in [-0.15, -0.1) is 10.0 Å². The van der Waals surface area contributed by atoms with Crippen LogP contribution in [0.15, 0.2) is 71.1 Å². The molecule has 78 valence electrons. The third-order valence-electron chi connectivity index (χ3n) is 2.24. The van der Waals surface area contributed by atoms with Gasteiger partial charge in [-0.2, -0.15) is 0 Å². The van der Waals surface area contributed by atoms with E-state index in [1.807, 2.05) is 60.7 Å². The SMILES string of the molecule is O=NN=C(c1ccccc1)c1ccccc1. The van der Waals surface area contributed by atoms with E-state index < -0.39 is 0 Å². The summed E-state index contributed by atoms with van der Waals surface area (Å²) in [6, 6.07) is 19.0. The van der Waals surface area contributed by atoms with Crippen molar-refractivity contribution in [1.29, 1.82) is 0 Å². The van der Waals surface area contributed by atoms with Gasteiger partial charge < -0.3 is 0 Å². The molecule has 0 aliphatic heterocycles. The van der Waals surface area contributed by atoms with Crippen LogP contribution in [0.25, 0.3) is 0 Å². The van der Waals surface area contributed by atoms with Crippen LogP contribution < -0.4 is 0 Å². The number of nitroso groups, excluding NO2 is 1. The van der Waals surface area contributed by atoms with Crippen LogP contribution in [0, 0.1) is 4.91 Å². The lowest BCUT2D eigenvalue weighted by Gasteiger charge is -2.03. The van der Waals surface area contributed by atoms with Crippen molar-refractivity contribution < 1.29 is 0 Å². The molecular weight excluding hydrogens is 200 g/mol. The molecule has 0 bridgehead atoms. The van der Waals surface area contributed by atoms with Crippen molar-refractivity contribution in [1.82, 2.24) is 0 Å². The van der Waals surface area contributed by atoms with Crippen molar-refractivity contribution in [3.05, 3.63) is 76.7 Å². The molecule has 0 amide bonds. The first-order valence-electron chi connectivity index (χ1n) is 4.93. The minimum Gasteiger partial charge on any atom is -0.123 e. The third kappa shape index (κ3) is 2.20. The fraction of sp³-hybridized carbons (Fsp3) is 0. The van der Waals surface area contributed by atoms with Gasteiger partial charge in [0.2, 0.25) is 0 Å². The average molecular weight is 210 g/mol. The van der Waals surface area contributed by atoms with Crippen LogP contribution >= 0.6 is 0 Å². The highest BCUT2D eigenvalue weighted by Gasteiger charge is 2.05. The van der Waals surface area contributed by atoms with E-state index in [1.54, 1.807) is 0 Å². The van der Waals surface area contributed by atoms with Gasteiger partial charge in [-0.05, 0) is 0 Å². The summed E-state index contributed by atoms with van der Waals surface area (Å²) in [4.78, 5) is 10.3. The van der Waals surface area contributed by atoms with Gasteiger partial charge in [0.25, 0.3) is 0 Å². The number of hydrogen-bond donors (Lipinski definition) is 0. The molecule has 0 heterocycles. The number of rotatable bonds is 3. The summed E-state index contributed by atoms with van der Waals surface area (Å²) < 4.78 is 0. The first kappa shape index (κ1) is 10.2. The third-order valence-corrected chi connectivity index (χ3v) is 2.24. The molecule has 2 aromatic rings. The fourth-order valence-corrected chi connectivity index (χ4v) is 1.52. The van der Waals surface area contributed by atoms with E-state index in [1.165, 1.54) is 0 Å². The largest absolute Gasteiger partial charge is 0.123 e. The van der Waals surface area contributed by atoms with Crippen molar-refractivity contribution in [2.45, 2.75) is 0 Å². The molecule has 3 heteroatoms. The first-order valence-corrected chi connectivity index (χ1v) is 4.93. The van der Waals surface area contributed by atoms with Gasteiger partial charge in [0, 0.05) is 11.1 Å². The van der Waals surface area contributed by atoms with Crippen LogP contribution in [0.2, 0.25) is 0 Å². The Kier molecular flexibility index (Phi) is 3.18. The van der Waals surface area contributed by atoms with Gasteiger partial charge in [0.15, 0.2) is 0 Å². The molecule has 16 heavy (non-hydrogen) atoms. The molecule has 0 saturated carbocycles. The molecular formula is C13H10N2O. The second-order valence-electron chi connectivity index (χ2n) is 3.26. The van der Waals surface area contributed by atoms with E-state index in [9.17, 15) is 4.91 Å². The smallest absolute Gasteiger partial charge is 0.104 e. The normalized spacial score (nSPS) is 9.50. The van der Waals surface area contributed by atoms with Crippen LogP contribution in [-0.4, -0.2) is 5.71 Å². The van der Waals surface area contributed by atoms with Crippen molar-refractivity contribution in [2.24, 2.45) is 10.4 Å². The highest BCUT2D eigenvalue weighted by atomic mass is 16.3. The van der Waals surface area contributed by atoms with Gasteiger partial charge in [0.1, 0.15) is 5.71 Å². The maximum atomic E-state index is 10.3. The van der Waals surface area contributed by atoms with E-state index in [2.05, 4.69) is 10.4 Å². The summed E-state index contributed by atoms with van der Waals surface area (Å²) in [6.07, 6.45) is 0. The number of nitrogens with zero attached hydrogens (tertiary/aromatic N) is 2. The van der Waals surface area contributed by atoms with Crippen molar-refractivity contribution in [2.75, 3.05) is 0 Å². The zero-order valence-electron chi connectivity index (χ0n) is 8.58. The Balaban J connectivity index is 2.48. The van der Waals surface area contributed by atoms with Crippen molar-refractivity contribution in [3.8, 4) is 0 Å². The van der Waals surface area contributed by atoms with E-state index >= 15 is 0 Å². The maximum absolute atomic E-state index is 10.3. The lowest BCUT2D eigenvalue weighted by molar-refractivity contribution is 1.21. The number of benzene rings is 2. The zero-order valence-corrected chi connectivity index (χ0v) is 8.58. The Hall–Kier alpha value is -2.29. The summed E-state index contributed by atoms with van der Waals surface area (Å²) in [5.41, 5.74) is 2.36. The molecule has 0 atom stereocenters. The molecule has 0 aliphatic rings. The lowest BCUT2D eigenvalue weighted by Crippen LogP contribution is -2.01. The minimum absolute atomic E-state index is 0.594. The van der Waals surface area contributed by atoms with E-state index in [0.717, 1.165) is 11.1 Å². The molecule has 0 radical (unpaired) electrons. The predicted molar refractivity (Wildman–Crippen MR) is 64.3 cm³/mol. The highest BCUT2D eigenvalue weighted by Crippen LogP contribution is 2.10. The maximum Gasteiger partial charge on any atom is 0.104 e. The minimum atomic E-state index is 0.594. The van der Waals surface area contributed by atoms with E-state index in [0.29, 0.717) is 5.71 Å². The molecule has 0 N–H and O–H groups in total. The van der Waals surface area contributed by atoms with Crippen LogP contribution in [0.3, 0.4) is 0 Å². The van der Waals surface area contributed by atoms with E-state index in [-0.39, 0.29) is 0 Å². The molecule has 2 aromatic carbocycles. The predicted octanol–water partition coefficient (Wildman–Crippen LogP) is 3.21. The van der Waals surface area contributed by atoms with Crippen LogP contribution in [0.1, 0.15) is 11.1 Å². The van der Waals surface area contributed by atoms with Crippen LogP contribution in [0.5, 0.6) is 0 Å². The van der Waals surface area contributed by atoms with Gasteiger partial charge in [-0.3, -0.25) is 0 Å². The standard InChI is InChI=1S/C13H10N2O/c16-15-14-13(11-7-3-1-4-8-11)12-9-5-2-6-10-12/h1-10H. The highest BCUT2D eigenvalue weighted by molar-refractivity contribution is 6.12. The first-order chi connectivity index (χ1) is 7.92. The lowest BCUT2D eigenvalue weighted by atomic mass is 10.0. The molecule has 0 spiro atoms. The monoisotopic (exact) mass is 210 g/mol. The Labute approximate surface area is 93.4 Å². The van der Waals surface area contributed by atoms with Gasteiger partial charge in [-0.25, -0.2) is 0 Å². The van der Waals surface area contributed by atoms with Gasteiger partial charge in [0.05, 0.1) is 5.29 Å². The summed E-state index contributed by atoms with van der Waals surface area (Å²) >= 11 is 0. The van der Waals surface area contributed by atoms with Crippen LogP contribution in [-0.2, 0) is 0 Å². The van der Waals surface area contributed by atoms with Gasteiger partial charge >= 0.3 is 0 Å². The topological polar surface area (TPSA) is 41.8 Å². The summed E-state index contributed by atoms with van der Waals surface area (Å²) in [7, 11) is 0. The summed E-state index contributed by atoms with van der Waals surface area (Å²) in [5.74, 6) is 0. The van der Waals surface area contributed by atoms with Crippen molar-refractivity contribution in [3.63, 3.8) is 0 Å². The Morgan fingerprint density at radius 2 is 1.19 bits per heavy atom. The molecule has 0 aliphatic carbocycles. The molecule has 3 nitrogen and oxygen atoms in total. The molecule has 0 fully saturated rings. The number of hydrogen-bond acceptors (Lipinski definition) is 2. The Morgan fingerprint density at radius 3 is 1.56 bits per heavy atom. The van der Waals surface area contributed by atoms with Crippen LogP contribution in [0.4, 0.5) is 0 Å². The fourth-order valence-electron chi connectivity index (χ4n) is 1.52. The molecule has 2 rings (SSSR count). The Bertz CT molecular complexity index is 450. The summed E-state index contributed by atoms with van der Waals surface area (Å²) in [6.45, 7) is 0. The Morgan fingerprint density at radius 1 is 0.750 bits per heavy atom. The molecule has 0 saturated heterocycles. The van der Waals surface area contributed by atoms with Gasteiger partial charge in [-0.1, -0.05) is 60.7 Å². The zero-order chi connectivity index (χ0) is 11.2. The molecule has 0 aromatic heterocycles. The summed E-state index contributed by atoms with van der Waals surface area (Å²) in [5, 5.41) is 6.28. The average Bonchev–Trinajstić information content (AvgIpc) is 2.38. The van der Waals surface area contributed by atoms with E-state index in [4.69, 9.17) is 0 Å². The second-order valence-corrected chi connectivity index (χ2v) is 3.26.